The van der Waals surface area contributed by atoms with Gasteiger partial charge in [-0.05, 0) is 29.8 Å². The Hall–Kier alpha value is -1.72. The summed E-state index contributed by atoms with van der Waals surface area (Å²) in [5.41, 5.74) is 0.929. The monoisotopic (exact) mass is 311 g/mol. The first kappa shape index (κ1) is 14.7. The lowest BCUT2D eigenvalue weighted by Crippen LogP contribution is -2.21. The first-order valence-electron chi connectivity index (χ1n) is 5.88. The molecule has 0 saturated carbocycles. The Morgan fingerprint density at radius 3 is 2.55 bits per heavy atom. The Balaban J connectivity index is 2.02. The molecule has 1 N–H and O–H groups in total. The van der Waals surface area contributed by atoms with Gasteiger partial charge in [0.2, 0.25) is 0 Å². The fourth-order valence-electron chi connectivity index (χ4n) is 1.70. The Morgan fingerprint density at radius 2 is 1.95 bits per heavy atom. The van der Waals surface area contributed by atoms with E-state index in [0.717, 1.165) is 5.56 Å². The molecule has 1 amide bonds. The SMILES string of the molecule is COc1ccc(CNC(=O)c2ccc(Cl)s2)cc1OC. The molecule has 0 unspecified atom stereocenters. The van der Waals surface area contributed by atoms with Crippen molar-refractivity contribution >= 4 is 28.8 Å². The van der Waals surface area contributed by atoms with Crippen molar-refractivity contribution in [2.75, 3.05) is 14.2 Å². The van der Waals surface area contributed by atoms with Crippen LogP contribution in [-0.4, -0.2) is 20.1 Å². The minimum atomic E-state index is -0.142. The van der Waals surface area contributed by atoms with E-state index in [1.165, 1.54) is 11.3 Å². The molecule has 106 valence electrons. The zero-order valence-electron chi connectivity index (χ0n) is 11.1. The number of methoxy groups -OCH3 is 2. The molecule has 1 heterocycles. The molecule has 1 aromatic heterocycles. The van der Waals surface area contributed by atoms with Crippen LogP contribution in [0.3, 0.4) is 0 Å². The minimum Gasteiger partial charge on any atom is -0.493 e. The smallest absolute Gasteiger partial charge is 0.261 e. The normalized spacial score (nSPS) is 10.2. The van der Waals surface area contributed by atoms with Crippen molar-refractivity contribution in [2.45, 2.75) is 6.54 Å². The summed E-state index contributed by atoms with van der Waals surface area (Å²) >= 11 is 7.06. The number of carbonyl (C=O) groups excluding carboxylic acids is 1. The Labute approximate surface area is 126 Å². The van der Waals surface area contributed by atoms with Crippen molar-refractivity contribution < 1.29 is 14.3 Å². The van der Waals surface area contributed by atoms with Crippen LogP contribution in [0.2, 0.25) is 4.34 Å². The molecule has 0 bridgehead atoms. The third kappa shape index (κ3) is 3.43. The third-order valence-corrected chi connectivity index (χ3v) is 3.93. The molecular formula is C14H14ClNO3S. The maximum atomic E-state index is 11.9. The highest BCUT2D eigenvalue weighted by Crippen LogP contribution is 2.27. The quantitative estimate of drug-likeness (QED) is 0.921. The number of benzene rings is 1. The molecule has 0 aliphatic carbocycles. The molecular weight excluding hydrogens is 298 g/mol. The minimum absolute atomic E-state index is 0.142. The zero-order valence-corrected chi connectivity index (χ0v) is 12.7. The van der Waals surface area contributed by atoms with E-state index < -0.39 is 0 Å². The van der Waals surface area contributed by atoms with E-state index in [4.69, 9.17) is 21.1 Å². The van der Waals surface area contributed by atoms with Crippen molar-refractivity contribution in [1.29, 1.82) is 0 Å². The lowest BCUT2D eigenvalue weighted by Gasteiger charge is -2.10. The van der Waals surface area contributed by atoms with Crippen LogP contribution >= 0.6 is 22.9 Å². The van der Waals surface area contributed by atoms with Gasteiger partial charge in [0.25, 0.3) is 5.91 Å². The van der Waals surface area contributed by atoms with Crippen LogP contribution < -0.4 is 14.8 Å². The summed E-state index contributed by atoms with van der Waals surface area (Å²) in [6, 6.07) is 8.93. The van der Waals surface area contributed by atoms with Gasteiger partial charge in [-0.15, -0.1) is 11.3 Å². The first-order valence-corrected chi connectivity index (χ1v) is 7.08. The number of nitrogens with one attached hydrogen (secondary N) is 1. The van der Waals surface area contributed by atoms with Gasteiger partial charge in [-0.3, -0.25) is 4.79 Å². The fourth-order valence-corrected chi connectivity index (χ4v) is 2.66. The molecule has 0 fully saturated rings. The molecule has 2 rings (SSSR count). The van der Waals surface area contributed by atoms with Crippen molar-refractivity contribution in [3.63, 3.8) is 0 Å². The van der Waals surface area contributed by atoms with E-state index in [1.807, 2.05) is 18.2 Å². The number of rotatable bonds is 5. The van der Waals surface area contributed by atoms with Gasteiger partial charge >= 0.3 is 0 Å². The Bertz CT molecular complexity index is 612. The Kier molecular flexibility index (Phi) is 4.87. The van der Waals surface area contributed by atoms with Gasteiger partial charge in [-0.1, -0.05) is 17.7 Å². The van der Waals surface area contributed by atoms with Gasteiger partial charge in [0, 0.05) is 6.54 Å². The van der Waals surface area contributed by atoms with Crippen LogP contribution in [0.1, 0.15) is 15.2 Å². The lowest BCUT2D eigenvalue weighted by molar-refractivity contribution is 0.0955. The Morgan fingerprint density at radius 1 is 1.20 bits per heavy atom. The van der Waals surface area contributed by atoms with Gasteiger partial charge in [-0.2, -0.15) is 0 Å². The van der Waals surface area contributed by atoms with E-state index in [1.54, 1.807) is 26.4 Å². The van der Waals surface area contributed by atoms with Gasteiger partial charge < -0.3 is 14.8 Å². The number of carbonyl (C=O) groups is 1. The highest BCUT2D eigenvalue weighted by atomic mass is 35.5. The van der Waals surface area contributed by atoms with Gasteiger partial charge in [0.15, 0.2) is 11.5 Å². The molecule has 0 spiro atoms. The van der Waals surface area contributed by atoms with E-state index in [2.05, 4.69) is 5.32 Å². The summed E-state index contributed by atoms with van der Waals surface area (Å²) in [6.07, 6.45) is 0. The molecule has 20 heavy (non-hydrogen) atoms. The standard InChI is InChI=1S/C14H14ClNO3S/c1-18-10-4-3-9(7-11(10)19-2)8-16-14(17)12-5-6-13(15)20-12/h3-7H,8H2,1-2H3,(H,16,17). The molecule has 6 heteroatoms. The molecule has 0 aliphatic heterocycles. The maximum absolute atomic E-state index is 11.9. The van der Waals surface area contributed by atoms with Crippen LogP contribution in [0.5, 0.6) is 11.5 Å². The van der Waals surface area contributed by atoms with E-state index >= 15 is 0 Å². The van der Waals surface area contributed by atoms with Gasteiger partial charge in [-0.25, -0.2) is 0 Å². The summed E-state index contributed by atoms with van der Waals surface area (Å²) in [4.78, 5) is 12.5. The van der Waals surface area contributed by atoms with Crippen LogP contribution in [0.15, 0.2) is 30.3 Å². The van der Waals surface area contributed by atoms with Crippen molar-refractivity contribution in [2.24, 2.45) is 0 Å². The topological polar surface area (TPSA) is 47.6 Å². The zero-order chi connectivity index (χ0) is 14.5. The van der Waals surface area contributed by atoms with E-state index in [9.17, 15) is 4.79 Å². The molecule has 1 aromatic carbocycles. The largest absolute Gasteiger partial charge is 0.493 e. The molecule has 4 nitrogen and oxygen atoms in total. The molecule has 0 radical (unpaired) electrons. The van der Waals surface area contributed by atoms with Crippen LogP contribution in [0.4, 0.5) is 0 Å². The molecule has 2 aromatic rings. The van der Waals surface area contributed by atoms with Crippen LogP contribution in [-0.2, 0) is 6.54 Å². The predicted octanol–water partition coefficient (Wildman–Crippen LogP) is 3.35. The molecule has 0 atom stereocenters. The van der Waals surface area contributed by atoms with Gasteiger partial charge in [0.1, 0.15) is 0 Å². The number of hydrogen-bond acceptors (Lipinski definition) is 4. The lowest BCUT2D eigenvalue weighted by atomic mass is 10.2. The summed E-state index contributed by atoms with van der Waals surface area (Å²) in [7, 11) is 3.16. The van der Waals surface area contributed by atoms with Crippen molar-refractivity contribution in [3.05, 3.63) is 45.1 Å². The highest BCUT2D eigenvalue weighted by Gasteiger charge is 2.09. The van der Waals surface area contributed by atoms with Crippen molar-refractivity contribution in [1.82, 2.24) is 5.32 Å². The summed E-state index contributed by atoms with van der Waals surface area (Å²) in [5.74, 6) is 1.16. The fraction of sp³-hybridized carbons (Fsp3) is 0.214. The third-order valence-electron chi connectivity index (χ3n) is 2.70. The first-order chi connectivity index (χ1) is 9.63. The van der Waals surface area contributed by atoms with Crippen LogP contribution in [0.25, 0.3) is 0 Å². The average Bonchev–Trinajstić information content (AvgIpc) is 2.91. The van der Waals surface area contributed by atoms with E-state index in [0.29, 0.717) is 27.3 Å². The average molecular weight is 312 g/mol. The summed E-state index contributed by atoms with van der Waals surface area (Å²) in [6.45, 7) is 0.411. The second-order valence-corrected chi connectivity index (χ2v) is 5.69. The highest BCUT2D eigenvalue weighted by molar-refractivity contribution is 7.17. The summed E-state index contributed by atoms with van der Waals surface area (Å²) < 4.78 is 11.0. The number of halogens is 1. The predicted molar refractivity (Wildman–Crippen MR) is 80.0 cm³/mol. The summed E-state index contributed by atoms with van der Waals surface area (Å²) in [5, 5.41) is 2.83. The second kappa shape index (κ2) is 6.63. The van der Waals surface area contributed by atoms with Crippen LogP contribution in [0, 0.1) is 0 Å². The number of ether oxygens (including phenoxy) is 2. The van der Waals surface area contributed by atoms with E-state index in [-0.39, 0.29) is 5.91 Å². The number of hydrogen-bond donors (Lipinski definition) is 1. The number of thiophene rings is 1. The number of amides is 1. The molecule has 0 aliphatic rings. The maximum Gasteiger partial charge on any atom is 0.261 e. The van der Waals surface area contributed by atoms with Gasteiger partial charge in [0.05, 0.1) is 23.4 Å². The van der Waals surface area contributed by atoms with Crippen molar-refractivity contribution in [3.8, 4) is 11.5 Å². The second-order valence-electron chi connectivity index (χ2n) is 3.98. The molecule has 0 saturated heterocycles.